The third kappa shape index (κ3) is 5.47. The molecule has 0 aromatic carbocycles. The molecule has 0 amide bonds. The van der Waals surface area contributed by atoms with Gasteiger partial charge in [0.1, 0.15) is 0 Å². The van der Waals surface area contributed by atoms with Crippen LogP contribution in [0.3, 0.4) is 0 Å². The van der Waals surface area contributed by atoms with Crippen molar-refractivity contribution in [3.63, 3.8) is 0 Å². The van der Waals surface area contributed by atoms with Crippen LogP contribution in [0.5, 0.6) is 0 Å². The molecular weight excluding hydrogens is 193 g/mol. The Morgan fingerprint density at radius 1 is 1.21 bits per heavy atom. The predicted octanol–water partition coefficient (Wildman–Crippen LogP) is 3.27. The largest absolute Gasteiger partial charge is 0.390 e. The molecule has 1 aliphatic rings. The zero-order chi connectivity index (χ0) is 10.8. The summed E-state index contributed by atoms with van der Waals surface area (Å²) in [5.74, 6) is 0.552. The first-order chi connectivity index (χ1) is 6.29. The topological polar surface area (TPSA) is 20.2 Å². The van der Waals surface area contributed by atoms with Crippen LogP contribution in [0.2, 0.25) is 0 Å². The van der Waals surface area contributed by atoms with E-state index in [1.165, 1.54) is 0 Å². The smallest absolute Gasteiger partial charge is 0.389 e. The fourth-order valence-electron chi connectivity index (χ4n) is 1.72. The zero-order valence-corrected chi connectivity index (χ0v) is 8.40. The molecule has 0 saturated heterocycles. The molecule has 0 aliphatic heterocycles. The van der Waals surface area contributed by atoms with Crippen molar-refractivity contribution in [2.24, 2.45) is 5.92 Å². The Morgan fingerprint density at radius 3 is 2.21 bits per heavy atom. The van der Waals surface area contributed by atoms with Crippen molar-refractivity contribution in [2.45, 2.75) is 57.2 Å². The Kier molecular flexibility index (Phi) is 3.45. The first-order valence-electron chi connectivity index (χ1n) is 5.08. The SMILES string of the molecule is CC(O)(CCCC(F)(F)F)CC1CC1. The second-order valence-corrected chi connectivity index (χ2v) is 4.61. The van der Waals surface area contributed by atoms with Crippen LogP contribution in [-0.4, -0.2) is 16.9 Å². The summed E-state index contributed by atoms with van der Waals surface area (Å²) in [6.07, 6.45) is -1.69. The molecular formula is C10H17F3O. The Bertz CT molecular complexity index is 182. The Morgan fingerprint density at radius 2 is 1.79 bits per heavy atom. The highest BCUT2D eigenvalue weighted by Gasteiger charge is 2.33. The standard InChI is InChI=1S/C10H17F3O/c1-9(14,7-8-3-4-8)5-2-6-10(11,12)13/h8,14H,2-7H2,1H3. The summed E-state index contributed by atoms with van der Waals surface area (Å²) >= 11 is 0. The number of rotatable bonds is 5. The summed E-state index contributed by atoms with van der Waals surface area (Å²) in [7, 11) is 0. The molecule has 14 heavy (non-hydrogen) atoms. The Labute approximate surface area is 82.3 Å². The third-order valence-electron chi connectivity index (χ3n) is 2.60. The zero-order valence-electron chi connectivity index (χ0n) is 8.40. The van der Waals surface area contributed by atoms with Crippen molar-refractivity contribution in [1.82, 2.24) is 0 Å². The van der Waals surface area contributed by atoms with Gasteiger partial charge in [0, 0.05) is 6.42 Å². The normalized spacial score (nSPS) is 22.1. The molecule has 0 bridgehead atoms. The van der Waals surface area contributed by atoms with E-state index in [1.54, 1.807) is 6.92 Å². The number of hydrogen-bond acceptors (Lipinski definition) is 1. The van der Waals surface area contributed by atoms with E-state index < -0.39 is 18.2 Å². The van der Waals surface area contributed by atoms with E-state index in [1.807, 2.05) is 0 Å². The van der Waals surface area contributed by atoms with Crippen molar-refractivity contribution in [3.05, 3.63) is 0 Å². The molecule has 1 rings (SSSR count). The number of alkyl halides is 3. The third-order valence-corrected chi connectivity index (χ3v) is 2.60. The van der Waals surface area contributed by atoms with Crippen LogP contribution < -0.4 is 0 Å². The predicted molar refractivity (Wildman–Crippen MR) is 47.9 cm³/mol. The van der Waals surface area contributed by atoms with Gasteiger partial charge in [0.05, 0.1) is 5.60 Å². The molecule has 1 unspecified atom stereocenters. The second-order valence-electron chi connectivity index (χ2n) is 4.61. The van der Waals surface area contributed by atoms with Gasteiger partial charge in [-0.05, 0) is 32.1 Å². The van der Waals surface area contributed by atoms with Gasteiger partial charge in [-0.1, -0.05) is 12.8 Å². The molecule has 1 aliphatic carbocycles. The molecule has 0 heterocycles. The second kappa shape index (κ2) is 4.09. The van der Waals surface area contributed by atoms with Crippen molar-refractivity contribution in [1.29, 1.82) is 0 Å². The lowest BCUT2D eigenvalue weighted by molar-refractivity contribution is -0.137. The van der Waals surface area contributed by atoms with E-state index in [-0.39, 0.29) is 12.8 Å². The lowest BCUT2D eigenvalue weighted by atomic mass is 9.93. The van der Waals surface area contributed by atoms with Gasteiger partial charge in [-0.3, -0.25) is 0 Å². The minimum atomic E-state index is -4.09. The van der Waals surface area contributed by atoms with Crippen LogP contribution in [0.15, 0.2) is 0 Å². The Balaban J connectivity index is 2.14. The van der Waals surface area contributed by atoms with Gasteiger partial charge in [-0.25, -0.2) is 0 Å². The van der Waals surface area contributed by atoms with E-state index in [9.17, 15) is 18.3 Å². The molecule has 1 saturated carbocycles. The maximum atomic E-state index is 11.8. The van der Waals surface area contributed by atoms with Crippen LogP contribution in [-0.2, 0) is 0 Å². The fourth-order valence-corrected chi connectivity index (χ4v) is 1.72. The number of halogens is 3. The minimum absolute atomic E-state index is 0.0310. The molecule has 0 radical (unpaired) electrons. The van der Waals surface area contributed by atoms with Crippen molar-refractivity contribution in [2.75, 3.05) is 0 Å². The van der Waals surface area contributed by atoms with Crippen molar-refractivity contribution >= 4 is 0 Å². The van der Waals surface area contributed by atoms with Gasteiger partial charge >= 0.3 is 6.18 Å². The van der Waals surface area contributed by atoms with Gasteiger partial charge in [0.25, 0.3) is 0 Å². The van der Waals surface area contributed by atoms with Gasteiger partial charge in [-0.2, -0.15) is 13.2 Å². The van der Waals surface area contributed by atoms with E-state index in [0.29, 0.717) is 12.3 Å². The molecule has 84 valence electrons. The van der Waals surface area contributed by atoms with E-state index in [2.05, 4.69) is 0 Å². The number of aliphatic hydroxyl groups is 1. The summed E-state index contributed by atoms with van der Waals surface area (Å²) in [6, 6.07) is 0. The van der Waals surface area contributed by atoms with Crippen LogP contribution in [0.4, 0.5) is 13.2 Å². The van der Waals surface area contributed by atoms with Gasteiger partial charge < -0.3 is 5.11 Å². The molecule has 1 N–H and O–H groups in total. The maximum Gasteiger partial charge on any atom is 0.389 e. The first-order valence-corrected chi connectivity index (χ1v) is 5.08. The molecule has 4 heteroatoms. The van der Waals surface area contributed by atoms with Gasteiger partial charge in [0.2, 0.25) is 0 Å². The van der Waals surface area contributed by atoms with Crippen LogP contribution in [0.1, 0.15) is 45.4 Å². The molecule has 0 aromatic heterocycles. The first kappa shape index (κ1) is 11.8. The maximum absolute atomic E-state index is 11.8. The molecule has 0 aromatic rings. The molecule has 1 atom stereocenters. The van der Waals surface area contributed by atoms with Crippen LogP contribution in [0.25, 0.3) is 0 Å². The monoisotopic (exact) mass is 210 g/mol. The summed E-state index contributed by atoms with van der Waals surface area (Å²) in [5.41, 5.74) is -0.896. The van der Waals surface area contributed by atoms with Crippen LogP contribution >= 0.6 is 0 Å². The van der Waals surface area contributed by atoms with Gasteiger partial charge in [-0.15, -0.1) is 0 Å². The molecule has 0 spiro atoms. The molecule has 1 nitrogen and oxygen atoms in total. The Hall–Kier alpha value is -0.250. The lowest BCUT2D eigenvalue weighted by Crippen LogP contribution is -2.25. The number of hydrogen-bond donors (Lipinski definition) is 1. The average Bonchev–Trinajstić information content (AvgIpc) is 2.66. The van der Waals surface area contributed by atoms with Crippen molar-refractivity contribution < 1.29 is 18.3 Å². The summed E-state index contributed by atoms with van der Waals surface area (Å²) in [6.45, 7) is 1.64. The average molecular weight is 210 g/mol. The fraction of sp³-hybridized carbons (Fsp3) is 1.00. The summed E-state index contributed by atoms with van der Waals surface area (Å²) in [4.78, 5) is 0. The van der Waals surface area contributed by atoms with E-state index >= 15 is 0 Å². The van der Waals surface area contributed by atoms with Crippen LogP contribution in [0, 0.1) is 5.92 Å². The minimum Gasteiger partial charge on any atom is -0.390 e. The summed E-state index contributed by atoms with van der Waals surface area (Å²) < 4.78 is 35.5. The van der Waals surface area contributed by atoms with E-state index in [4.69, 9.17) is 0 Å². The highest BCUT2D eigenvalue weighted by atomic mass is 19.4. The highest BCUT2D eigenvalue weighted by molar-refractivity contribution is 4.83. The van der Waals surface area contributed by atoms with Gasteiger partial charge in [0.15, 0.2) is 0 Å². The highest BCUT2D eigenvalue weighted by Crippen LogP contribution is 2.38. The molecule has 1 fully saturated rings. The van der Waals surface area contributed by atoms with E-state index in [0.717, 1.165) is 12.8 Å². The van der Waals surface area contributed by atoms with Crippen molar-refractivity contribution in [3.8, 4) is 0 Å². The lowest BCUT2D eigenvalue weighted by Gasteiger charge is -2.23. The summed E-state index contributed by atoms with van der Waals surface area (Å²) in [5, 5.41) is 9.75. The quantitative estimate of drug-likeness (QED) is 0.738.